The van der Waals surface area contributed by atoms with Crippen molar-refractivity contribution in [3.05, 3.63) is 29.3 Å². The Morgan fingerprint density at radius 1 is 1.56 bits per heavy atom. The number of fused-ring (bicyclic) bond motifs is 1. The van der Waals surface area contributed by atoms with E-state index >= 15 is 0 Å². The van der Waals surface area contributed by atoms with E-state index in [2.05, 4.69) is 6.07 Å². The normalized spacial score (nSPS) is 20.0. The van der Waals surface area contributed by atoms with Gasteiger partial charge >= 0.3 is 0 Å². The topological polar surface area (TPSA) is 78.3 Å². The summed E-state index contributed by atoms with van der Waals surface area (Å²) < 4.78 is 5.59. The maximum atomic E-state index is 10.9. The molecule has 1 aromatic carbocycles. The monoisotopic (exact) mass is 248 g/mol. The Bertz CT molecular complexity index is 445. The number of carbonyl (C=O) groups excluding carboxylic acids is 1. The molecule has 4 nitrogen and oxygen atoms in total. The van der Waals surface area contributed by atoms with Crippen LogP contribution in [0.1, 0.15) is 36.9 Å². The van der Waals surface area contributed by atoms with Crippen LogP contribution >= 0.6 is 0 Å². The lowest BCUT2D eigenvalue weighted by atomic mass is 9.88. The summed E-state index contributed by atoms with van der Waals surface area (Å²) in [5, 5.41) is 0. The second-order valence-corrected chi connectivity index (χ2v) is 4.97. The lowest BCUT2D eigenvalue weighted by Crippen LogP contribution is -2.26. The van der Waals surface area contributed by atoms with Crippen LogP contribution < -0.4 is 16.2 Å². The van der Waals surface area contributed by atoms with Gasteiger partial charge in [0.05, 0.1) is 12.5 Å². The minimum atomic E-state index is -0.343. The SMILES string of the molecule is CC(COc1ccc2c(c1)[C@@H](N)CCC2)C(N)=O. The fourth-order valence-corrected chi connectivity index (χ4v) is 2.21. The molecule has 0 radical (unpaired) electrons. The summed E-state index contributed by atoms with van der Waals surface area (Å²) in [7, 11) is 0. The Kier molecular flexibility index (Phi) is 3.87. The maximum Gasteiger partial charge on any atom is 0.223 e. The highest BCUT2D eigenvalue weighted by molar-refractivity contribution is 5.76. The minimum absolute atomic E-state index is 0.103. The van der Waals surface area contributed by atoms with Gasteiger partial charge in [0, 0.05) is 6.04 Å². The first kappa shape index (κ1) is 12.9. The Balaban J connectivity index is 2.06. The number of benzene rings is 1. The number of primary amides is 1. The predicted molar refractivity (Wildman–Crippen MR) is 70.2 cm³/mol. The summed E-state index contributed by atoms with van der Waals surface area (Å²) in [6.45, 7) is 2.07. The molecule has 1 unspecified atom stereocenters. The maximum absolute atomic E-state index is 10.9. The molecule has 0 aliphatic heterocycles. The van der Waals surface area contributed by atoms with Crippen LogP contribution in [0.25, 0.3) is 0 Å². The molecular weight excluding hydrogens is 228 g/mol. The van der Waals surface area contributed by atoms with Gasteiger partial charge < -0.3 is 16.2 Å². The van der Waals surface area contributed by atoms with E-state index in [1.165, 1.54) is 11.1 Å². The smallest absolute Gasteiger partial charge is 0.223 e. The molecular formula is C14H20N2O2. The summed E-state index contributed by atoms with van der Waals surface area (Å²) in [6.07, 6.45) is 3.25. The zero-order chi connectivity index (χ0) is 13.1. The van der Waals surface area contributed by atoms with Crippen LogP contribution in [0.15, 0.2) is 18.2 Å². The first-order valence-electron chi connectivity index (χ1n) is 6.38. The van der Waals surface area contributed by atoms with Gasteiger partial charge in [-0.3, -0.25) is 4.79 Å². The molecule has 1 aromatic rings. The van der Waals surface area contributed by atoms with Crippen LogP contribution in [-0.2, 0) is 11.2 Å². The second kappa shape index (κ2) is 5.40. The molecule has 2 atom stereocenters. The fourth-order valence-electron chi connectivity index (χ4n) is 2.21. The molecule has 0 bridgehead atoms. The van der Waals surface area contributed by atoms with Gasteiger partial charge in [-0.1, -0.05) is 13.0 Å². The largest absolute Gasteiger partial charge is 0.493 e. The van der Waals surface area contributed by atoms with E-state index in [1.54, 1.807) is 6.92 Å². The molecule has 2 rings (SSSR count). The highest BCUT2D eigenvalue weighted by Crippen LogP contribution is 2.30. The van der Waals surface area contributed by atoms with E-state index in [1.807, 2.05) is 12.1 Å². The quantitative estimate of drug-likeness (QED) is 0.848. The zero-order valence-corrected chi connectivity index (χ0v) is 10.7. The lowest BCUT2D eigenvalue weighted by Gasteiger charge is -2.23. The van der Waals surface area contributed by atoms with Crippen molar-refractivity contribution in [2.75, 3.05) is 6.61 Å². The molecule has 0 saturated carbocycles. The standard InChI is InChI=1S/C14H20N2O2/c1-9(14(16)17)8-18-11-6-5-10-3-2-4-13(15)12(10)7-11/h5-7,9,13H,2-4,8,15H2,1H3,(H2,16,17)/t9?,13-/m0/s1. The summed E-state index contributed by atoms with van der Waals surface area (Å²) in [4.78, 5) is 10.9. The number of aryl methyl sites for hydroxylation is 1. The molecule has 0 aromatic heterocycles. The molecule has 0 saturated heterocycles. The molecule has 4 heteroatoms. The Labute approximate surface area is 107 Å². The van der Waals surface area contributed by atoms with E-state index in [0.717, 1.165) is 25.0 Å². The van der Waals surface area contributed by atoms with Crippen molar-refractivity contribution in [1.82, 2.24) is 0 Å². The number of rotatable bonds is 4. The van der Waals surface area contributed by atoms with Crippen LogP contribution in [0.4, 0.5) is 0 Å². The van der Waals surface area contributed by atoms with Crippen LogP contribution in [0.3, 0.4) is 0 Å². The van der Waals surface area contributed by atoms with Crippen LogP contribution in [-0.4, -0.2) is 12.5 Å². The van der Waals surface area contributed by atoms with Crippen LogP contribution in [0.5, 0.6) is 5.75 Å². The van der Waals surface area contributed by atoms with E-state index in [4.69, 9.17) is 16.2 Å². The molecule has 1 amide bonds. The highest BCUT2D eigenvalue weighted by atomic mass is 16.5. The zero-order valence-electron chi connectivity index (χ0n) is 10.7. The summed E-state index contributed by atoms with van der Waals surface area (Å²) in [5.74, 6) is 0.138. The summed E-state index contributed by atoms with van der Waals surface area (Å²) in [5.41, 5.74) is 13.8. The fraction of sp³-hybridized carbons (Fsp3) is 0.500. The third kappa shape index (κ3) is 2.82. The van der Waals surface area contributed by atoms with Gasteiger partial charge in [0.15, 0.2) is 0 Å². The summed E-state index contributed by atoms with van der Waals surface area (Å²) >= 11 is 0. The van der Waals surface area contributed by atoms with Crippen molar-refractivity contribution in [2.45, 2.75) is 32.2 Å². The number of hydrogen-bond acceptors (Lipinski definition) is 3. The van der Waals surface area contributed by atoms with Crippen molar-refractivity contribution in [1.29, 1.82) is 0 Å². The third-order valence-corrected chi connectivity index (χ3v) is 3.46. The van der Waals surface area contributed by atoms with Gasteiger partial charge in [-0.05, 0) is 42.5 Å². The molecule has 98 valence electrons. The van der Waals surface area contributed by atoms with Gasteiger partial charge in [0.1, 0.15) is 5.75 Å². The molecule has 1 aliphatic rings. The van der Waals surface area contributed by atoms with Gasteiger partial charge in [0.25, 0.3) is 0 Å². The van der Waals surface area contributed by atoms with Gasteiger partial charge in [-0.2, -0.15) is 0 Å². The highest BCUT2D eigenvalue weighted by Gasteiger charge is 2.17. The van der Waals surface area contributed by atoms with Crippen molar-refractivity contribution < 1.29 is 9.53 Å². The Morgan fingerprint density at radius 3 is 3.06 bits per heavy atom. The number of carbonyl (C=O) groups is 1. The van der Waals surface area contributed by atoms with E-state index in [0.29, 0.717) is 6.61 Å². The number of nitrogens with two attached hydrogens (primary N) is 2. The first-order chi connectivity index (χ1) is 8.58. The van der Waals surface area contributed by atoms with Crippen molar-refractivity contribution >= 4 is 5.91 Å². The Hall–Kier alpha value is -1.55. The number of ether oxygens (including phenoxy) is 1. The van der Waals surface area contributed by atoms with Crippen molar-refractivity contribution in [2.24, 2.45) is 17.4 Å². The average Bonchev–Trinajstić information content (AvgIpc) is 2.36. The number of amides is 1. The Morgan fingerprint density at radius 2 is 2.33 bits per heavy atom. The number of hydrogen-bond donors (Lipinski definition) is 2. The van der Waals surface area contributed by atoms with Gasteiger partial charge in [-0.25, -0.2) is 0 Å². The van der Waals surface area contributed by atoms with E-state index < -0.39 is 0 Å². The summed E-state index contributed by atoms with van der Waals surface area (Å²) in [6, 6.07) is 6.10. The molecule has 0 fully saturated rings. The van der Waals surface area contributed by atoms with Gasteiger partial charge in [-0.15, -0.1) is 0 Å². The molecule has 18 heavy (non-hydrogen) atoms. The van der Waals surface area contributed by atoms with Crippen molar-refractivity contribution in [3.8, 4) is 5.75 Å². The first-order valence-corrected chi connectivity index (χ1v) is 6.38. The molecule has 0 spiro atoms. The van der Waals surface area contributed by atoms with Crippen LogP contribution in [0, 0.1) is 5.92 Å². The van der Waals surface area contributed by atoms with Gasteiger partial charge in [0.2, 0.25) is 5.91 Å². The molecule has 0 heterocycles. The predicted octanol–water partition coefficient (Wildman–Crippen LogP) is 1.52. The van der Waals surface area contributed by atoms with Crippen molar-refractivity contribution in [3.63, 3.8) is 0 Å². The van der Waals surface area contributed by atoms with E-state index in [9.17, 15) is 4.79 Å². The third-order valence-electron chi connectivity index (χ3n) is 3.46. The lowest BCUT2D eigenvalue weighted by molar-refractivity contribution is -0.122. The molecule has 4 N–H and O–H groups in total. The molecule has 1 aliphatic carbocycles. The van der Waals surface area contributed by atoms with E-state index in [-0.39, 0.29) is 17.9 Å². The average molecular weight is 248 g/mol. The second-order valence-electron chi connectivity index (χ2n) is 4.97. The van der Waals surface area contributed by atoms with Crippen LogP contribution in [0.2, 0.25) is 0 Å². The minimum Gasteiger partial charge on any atom is -0.493 e.